The highest BCUT2D eigenvalue weighted by molar-refractivity contribution is 7.84. The van der Waals surface area contributed by atoms with Crippen LogP contribution in [0, 0.1) is 5.82 Å². The zero-order valence-electron chi connectivity index (χ0n) is 13.8. The number of carbonyl (C=O) groups excluding carboxylic acids is 1. The van der Waals surface area contributed by atoms with Gasteiger partial charge in [-0.05, 0) is 39.8 Å². The second kappa shape index (κ2) is 6.67. The van der Waals surface area contributed by atoms with E-state index in [1.807, 2.05) is 20.8 Å². The second-order valence-electron chi connectivity index (χ2n) is 6.47. The Kier molecular flexibility index (Phi) is 5.23. The van der Waals surface area contributed by atoms with Crippen molar-refractivity contribution in [3.63, 3.8) is 0 Å². The van der Waals surface area contributed by atoms with Crippen LogP contribution < -0.4 is 4.72 Å². The zero-order chi connectivity index (χ0) is 17.3. The first kappa shape index (κ1) is 18.0. The van der Waals surface area contributed by atoms with E-state index in [9.17, 15) is 13.4 Å². The summed E-state index contributed by atoms with van der Waals surface area (Å²) in [6, 6.07) is 4.18. The lowest BCUT2D eigenvalue weighted by atomic mass is 9.88. The van der Waals surface area contributed by atoms with Gasteiger partial charge in [0.15, 0.2) is 0 Å². The third-order valence-corrected chi connectivity index (χ3v) is 5.23. The Morgan fingerprint density at radius 3 is 2.52 bits per heavy atom. The summed E-state index contributed by atoms with van der Waals surface area (Å²) < 4.78 is 39.5. The Morgan fingerprint density at radius 2 is 2.09 bits per heavy atom. The highest BCUT2D eigenvalue weighted by atomic mass is 32.2. The van der Waals surface area contributed by atoms with Crippen LogP contribution in [-0.4, -0.2) is 34.7 Å². The maximum atomic E-state index is 14.5. The van der Waals surface area contributed by atoms with Crippen molar-refractivity contribution < 1.29 is 22.9 Å². The average Bonchev–Trinajstić information content (AvgIpc) is 2.42. The molecule has 2 rings (SSSR count). The molecule has 0 aromatic heterocycles. The fourth-order valence-electron chi connectivity index (χ4n) is 2.15. The van der Waals surface area contributed by atoms with Crippen LogP contribution in [0.4, 0.5) is 4.39 Å². The molecular formula is C16H22FNO4S. The van der Waals surface area contributed by atoms with Gasteiger partial charge >= 0.3 is 5.97 Å². The van der Waals surface area contributed by atoms with Crippen LogP contribution in [0.2, 0.25) is 0 Å². The van der Waals surface area contributed by atoms with Gasteiger partial charge in [-0.1, -0.05) is 6.07 Å². The summed E-state index contributed by atoms with van der Waals surface area (Å²) in [5, 5.41) is 0. The molecule has 0 radical (unpaired) electrons. The maximum absolute atomic E-state index is 14.5. The first-order valence-electron chi connectivity index (χ1n) is 7.44. The van der Waals surface area contributed by atoms with Gasteiger partial charge < -0.3 is 9.47 Å². The zero-order valence-corrected chi connectivity index (χ0v) is 14.6. The molecule has 0 aliphatic carbocycles. The molecule has 23 heavy (non-hydrogen) atoms. The number of benzene rings is 1. The molecule has 1 aromatic carbocycles. The van der Waals surface area contributed by atoms with E-state index >= 15 is 0 Å². The molecule has 1 saturated heterocycles. The van der Waals surface area contributed by atoms with Gasteiger partial charge in [0.05, 0.1) is 41.1 Å². The highest BCUT2D eigenvalue weighted by Crippen LogP contribution is 2.33. The topological polar surface area (TPSA) is 64.6 Å². The van der Waals surface area contributed by atoms with Crippen molar-refractivity contribution in [3.05, 3.63) is 35.1 Å². The fraction of sp³-hybridized carbons (Fsp3) is 0.562. The van der Waals surface area contributed by atoms with Crippen molar-refractivity contribution in [1.29, 1.82) is 0 Å². The Hall–Kier alpha value is -1.31. The summed E-state index contributed by atoms with van der Waals surface area (Å²) in [6.45, 7) is 7.88. The molecule has 128 valence electrons. The number of rotatable bonds is 5. The molecular weight excluding hydrogens is 321 g/mol. The Morgan fingerprint density at radius 1 is 1.43 bits per heavy atom. The molecule has 5 nitrogen and oxygen atoms in total. The number of hydrogen-bond donors (Lipinski definition) is 1. The van der Waals surface area contributed by atoms with E-state index in [0.29, 0.717) is 5.56 Å². The molecule has 1 aliphatic heterocycles. The molecule has 1 atom stereocenters. The van der Waals surface area contributed by atoms with E-state index < -0.39 is 33.1 Å². The molecule has 0 saturated carbocycles. The van der Waals surface area contributed by atoms with E-state index in [1.54, 1.807) is 6.92 Å². The van der Waals surface area contributed by atoms with Crippen molar-refractivity contribution in [1.82, 2.24) is 4.72 Å². The van der Waals surface area contributed by atoms with Crippen molar-refractivity contribution in [2.75, 3.05) is 19.8 Å². The summed E-state index contributed by atoms with van der Waals surface area (Å²) in [5.74, 6) is -1.11. The van der Waals surface area contributed by atoms with Crippen molar-refractivity contribution in [3.8, 4) is 0 Å². The number of hydrogen-bond acceptors (Lipinski definition) is 4. The molecule has 0 bridgehead atoms. The molecule has 0 amide bonds. The summed E-state index contributed by atoms with van der Waals surface area (Å²) in [6.07, 6.45) is 0. The summed E-state index contributed by atoms with van der Waals surface area (Å²) in [4.78, 5) is 11.7. The lowest BCUT2D eigenvalue weighted by Crippen LogP contribution is -2.60. The van der Waals surface area contributed by atoms with Crippen LogP contribution in [0.25, 0.3) is 0 Å². The summed E-state index contributed by atoms with van der Waals surface area (Å²) >= 11 is 0. The van der Waals surface area contributed by atoms with Gasteiger partial charge in [0.25, 0.3) is 0 Å². The number of carbonyl (C=O) groups is 1. The Labute approximate surface area is 138 Å². The molecule has 1 unspecified atom stereocenters. The van der Waals surface area contributed by atoms with Crippen molar-refractivity contribution >= 4 is 17.0 Å². The van der Waals surface area contributed by atoms with E-state index in [1.165, 1.54) is 12.1 Å². The normalized spacial score (nSPS) is 18.1. The van der Waals surface area contributed by atoms with Crippen molar-refractivity contribution in [2.24, 2.45) is 0 Å². The highest BCUT2D eigenvalue weighted by Gasteiger charge is 2.45. The minimum atomic E-state index is -1.37. The van der Waals surface area contributed by atoms with Crippen LogP contribution >= 0.6 is 0 Å². The van der Waals surface area contributed by atoms with Gasteiger partial charge in [0.1, 0.15) is 11.4 Å². The predicted octanol–water partition coefficient (Wildman–Crippen LogP) is 2.28. The van der Waals surface area contributed by atoms with Gasteiger partial charge in [-0.3, -0.25) is 0 Å². The Bertz CT molecular complexity index is 623. The van der Waals surface area contributed by atoms with E-state index in [0.717, 1.165) is 6.07 Å². The van der Waals surface area contributed by atoms with Gasteiger partial charge in [-0.25, -0.2) is 18.1 Å². The van der Waals surface area contributed by atoms with Crippen LogP contribution in [-0.2, 0) is 26.0 Å². The van der Waals surface area contributed by atoms with Crippen LogP contribution in [0.15, 0.2) is 18.2 Å². The lowest BCUT2D eigenvalue weighted by Gasteiger charge is -2.43. The smallest absolute Gasteiger partial charge is 0.338 e. The van der Waals surface area contributed by atoms with Crippen LogP contribution in [0.1, 0.15) is 43.6 Å². The number of ether oxygens (including phenoxy) is 2. The van der Waals surface area contributed by atoms with Crippen molar-refractivity contribution in [2.45, 2.75) is 38.0 Å². The molecule has 1 aromatic rings. The third kappa shape index (κ3) is 3.79. The van der Waals surface area contributed by atoms with E-state index in [4.69, 9.17) is 9.47 Å². The average molecular weight is 343 g/mol. The minimum absolute atomic E-state index is 0.153. The number of halogens is 1. The second-order valence-corrected chi connectivity index (χ2v) is 8.44. The third-order valence-electron chi connectivity index (χ3n) is 3.54. The van der Waals surface area contributed by atoms with Gasteiger partial charge in [-0.15, -0.1) is 0 Å². The molecule has 1 fully saturated rings. The van der Waals surface area contributed by atoms with Gasteiger partial charge in [-0.2, -0.15) is 0 Å². The van der Waals surface area contributed by atoms with Gasteiger partial charge in [0, 0.05) is 5.56 Å². The minimum Gasteiger partial charge on any atom is -0.462 e. The largest absolute Gasteiger partial charge is 0.462 e. The molecule has 0 spiro atoms. The number of esters is 1. The maximum Gasteiger partial charge on any atom is 0.338 e. The SMILES string of the molecule is CCOC(=O)c1ccc(C2(NS(=O)C(C)(C)C)COC2)c(F)c1. The molecule has 1 N–H and O–H groups in total. The van der Waals surface area contributed by atoms with Gasteiger partial charge in [0.2, 0.25) is 0 Å². The van der Waals surface area contributed by atoms with E-state index in [2.05, 4.69) is 4.72 Å². The summed E-state index contributed by atoms with van der Waals surface area (Å²) in [5.41, 5.74) is -0.343. The quantitative estimate of drug-likeness (QED) is 0.833. The molecule has 7 heteroatoms. The summed E-state index contributed by atoms with van der Waals surface area (Å²) in [7, 11) is -1.37. The molecule has 1 heterocycles. The van der Waals surface area contributed by atoms with E-state index in [-0.39, 0.29) is 25.4 Å². The standard InChI is InChI=1S/C16H22FNO4S/c1-5-22-14(19)11-6-7-12(13(17)8-11)16(9-21-10-16)18-23(20)15(2,3)4/h6-8,18H,5,9-10H2,1-4H3. The Balaban J connectivity index is 2.28. The monoisotopic (exact) mass is 343 g/mol. The first-order chi connectivity index (χ1) is 10.7. The fourth-order valence-corrected chi connectivity index (χ4v) is 3.04. The lowest BCUT2D eigenvalue weighted by molar-refractivity contribution is -0.0675. The van der Waals surface area contributed by atoms with Crippen LogP contribution in [0.5, 0.6) is 0 Å². The predicted molar refractivity (Wildman–Crippen MR) is 85.9 cm³/mol. The molecule has 1 aliphatic rings. The number of nitrogens with one attached hydrogen (secondary N) is 1. The first-order valence-corrected chi connectivity index (χ1v) is 8.59. The van der Waals surface area contributed by atoms with Crippen LogP contribution in [0.3, 0.4) is 0 Å².